The van der Waals surface area contributed by atoms with Crippen molar-refractivity contribution in [3.63, 3.8) is 0 Å². The van der Waals surface area contributed by atoms with Crippen LogP contribution >= 0.6 is 0 Å². The van der Waals surface area contributed by atoms with E-state index in [0.717, 1.165) is 6.42 Å². The Bertz CT molecular complexity index is 494. The lowest BCUT2D eigenvalue weighted by molar-refractivity contribution is 0.273. The van der Waals surface area contributed by atoms with Crippen LogP contribution in [-0.2, 0) is 16.6 Å². The van der Waals surface area contributed by atoms with Gasteiger partial charge in [-0.05, 0) is 19.3 Å². The number of aliphatic hydroxyl groups is 1. The zero-order chi connectivity index (χ0) is 13.9. The van der Waals surface area contributed by atoms with E-state index in [4.69, 9.17) is 5.11 Å². The number of nitrogens with one attached hydrogen (secondary N) is 1. The van der Waals surface area contributed by atoms with Gasteiger partial charge in [0.05, 0.1) is 12.3 Å². The topological polar surface area (TPSA) is 86.3 Å². The first-order valence-corrected chi connectivity index (χ1v) is 7.35. The quantitative estimate of drug-likeness (QED) is 0.807. The van der Waals surface area contributed by atoms with Crippen LogP contribution in [0.4, 0.5) is 0 Å². The number of aryl methyl sites for hydroxylation is 1. The molecule has 0 unspecified atom stereocenters. The van der Waals surface area contributed by atoms with E-state index in [1.165, 1.54) is 4.31 Å². The monoisotopic (exact) mass is 275 g/mol. The largest absolute Gasteiger partial charge is 0.390 e. The van der Waals surface area contributed by atoms with Crippen LogP contribution in [-0.4, -0.2) is 41.6 Å². The number of H-pyrrole nitrogens is 1. The molecule has 2 N–H and O–H groups in total. The van der Waals surface area contributed by atoms with Gasteiger partial charge in [-0.25, -0.2) is 12.7 Å². The summed E-state index contributed by atoms with van der Waals surface area (Å²) in [5.74, 6) is 0.436. The van der Waals surface area contributed by atoms with E-state index in [9.17, 15) is 8.42 Å². The van der Waals surface area contributed by atoms with Crippen LogP contribution in [0.25, 0.3) is 0 Å². The van der Waals surface area contributed by atoms with Crippen molar-refractivity contribution in [2.24, 2.45) is 5.92 Å². The first-order chi connectivity index (χ1) is 8.30. The summed E-state index contributed by atoms with van der Waals surface area (Å²) in [6, 6.07) is 0. The highest BCUT2D eigenvalue weighted by Gasteiger charge is 2.28. The predicted molar refractivity (Wildman–Crippen MR) is 68.5 cm³/mol. The van der Waals surface area contributed by atoms with Crippen LogP contribution in [0.15, 0.2) is 4.90 Å². The fourth-order valence-electron chi connectivity index (χ4n) is 1.63. The first kappa shape index (κ1) is 15.1. The van der Waals surface area contributed by atoms with Crippen LogP contribution in [0.5, 0.6) is 0 Å². The molecule has 0 radical (unpaired) electrons. The fraction of sp³-hybridized carbons (Fsp3) is 0.727. The summed E-state index contributed by atoms with van der Waals surface area (Å²) in [6.07, 6.45) is 0.793. The number of hydrogen-bond acceptors (Lipinski definition) is 4. The summed E-state index contributed by atoms with van der Waals surface area (Å²) in [5, 5.41) is 15.5. The number of hydrogen-bond donors (Lipinski definition) is 2. The molecule has 18 heavy (non-hydrogen) atoms. The lowest BCUT2D eigenvalue weighted by atomic mass is 10.1. The molecule has 0 aliphatic rings. The van der Waals surface area contributed by atoms with Crippen LogP contribution in [0, 0.1) is 12.8 Å². The molecule has 0 bridgehead atoms. The maximum atomic E-state index is 12.4. The van der Waals surface area contributed by atoms with Crippen molar-refractivity contribution in [3.05, 3.63) is 11.4 Å². The van der Waals surface area contributed by atoms with Crippen molar-refractivity contribution >= 4 is 10.0 Å². The van der Waals surface area contributed by atoms with Gasteiger partial charge in [0, 0.05) is 13.6 Å². The molecule has 0 saturated carbocycles. The molecule has 0 saturated heterocycles. The maximum absolute atomic E-state index is 12.4. The first-order valence-electron chi connectivity index (χ1n) is 5.91. The third-order valence-electron chi connectivity index (χ3n) is 2.80. The average molecular weight is 275 g/mol. The summed E-state index contributed by atoms with van der Waals surface area (Å²) in [7, 11) is -2.04. The molecule has 104 valence electrons. The van der Waals surface area contributed by atoms with Crippen LogP contribution in [0.2, 0.25) is 0 Å². The summed E-state index contributed by atoms with van der Waals surface area (Å²) < 4.78 is 26.0. The lowest BCUT2D eigenvalue weighted by Gasteiger charge is -2.18. The van der Waals surface area contributed by atoms with Gasteiger partial charge in [0.2, 0.25) is 10.0 Å². The Morgan fingerprint density at radius 1 is 1.44 bits per heavy atom. The minimum absolute atomic E-state index is 0.0938. The third kappa shape index (κ3) is 3.09. The van der Waals surface area contributed by atoms with Crippen molar-refractivity contribution in [2.45, 2.75) is 38.7 Å². The van der Waals surface area contributed by atoms with E-state index >= 15 is 0 Å². The van der Waals surface area contributed by atoms with Crippen LogP contribution in [0.3, 0.4) is 0 Å². The molecular weight excluding hydrogens is 254 g/mol. The molecule has 1 rings (SSSR count). The average Bonchev–Trinajstić information content (AvgIpc) is 2.67. The molecule has 1 aromatic rings. The lowest BCUT2D eigenvalue weighted by Crippen LogP contribution is -2.29. The SMILES string of the molecule is Cc1[nH]nc(CO)c1S(=O)(=O)N(C)CCC(C)C. The minimum Gasteiger partial charge on any atom is -0.390 e. The zero-order valence-corrected chi connectivity index (χ0v) is 12.1. The third-order valence-corrected chi connectivity index (χ3v) is 4.86. The van der Waals surface area contributed by atoms with E-state index in [2.05, 4.69) is 10.2 Å². The second-order valence-corrected chi connectivity index (χ2v) is 6.77. The van der Waals surface area contributed by atoms with Gasteiger partial charge in [-0.2, -0.15) is 5.10 Å². The van der Waals surface area contributed by atoms with Gasteiger partial charge >= 0.3 is 0 Å². The smallest absolute Gasteiger partial charge is 0.246 e. The summed E-state index contributed by atoms with van der Waals surface area (Å²) >= 11 is 0. The van der Waals surface area contributed by atoms with Crippen molar-refractivity contribution in [1.82, 2.24) is 14.5 Å². The van der Waals surface area contributed by atoms with Gasteiger partial charge in [-0.3, -0.25) is 5.10 Å². The van der Waals surface area contributed by atoms with Gasteiger partial charge < -0.3 is 5.11 Å². The summed E-state index contributed by atoms with van der Waals surface area (Å²) in [6.45, 7) is 5.78. The Balaban J connectivity index is 3.02. The van der Waals surface area contributed by atoms with E-state index < -0.39 is 16.6 Å². The minimum atomic E-state index is -3.59. The number of aromatic amines is 1. The molecular formula is C11H21N3O3S. The Morgan fingerprint density at radius 2 is 2.06 bits per heavy atom. The van der Waals surface area contributed by atoms with Crippen molar-refractivity contribution < 1.29 is 13.5 Å². The predicted octanol–water partition coefficient (Wildman–Crippen LogP) is 0.877. The highest BCUT2D eigenvalue weighted by Crippen LogP contribution is 2.21. The van der Waals surface area contributed by atoms with Crippen LogP contribution in [0.1, 0.15) is 31.7 Å². The highest BCUT2D eigenvalue weighted by atomic mass is 32.2. The summed E-state index contributed by atoms with van der Waals surface area (Å²) in [5.41, 5.74) is 0.624. The molecule has 0 spiro atoms. The number of nitrogens with zero attached hydrogens (tertiary/aromatic N) is 2. The van der Waals surface area contributed by atoms with Gasteiger partial charge in [0.1, 0.15) is 10.6 Å². The maximum Gasteiger partial charge on any atom is 0.246 e. The van der Waals surface area contributed by atoms with Crippen molar-refractivity contribution in [2.75, 3.05) is 13.6 Å². The molecule has 1 heterocycles. The molecule has 7 heteroatoms. The highest BCUT2D eigenvalue weighted by molar-refractivity contribution is 7.89. The van der Waals surface area contributed by atoms with E-state index in [0.29, 0.717) is 18.2 Å². The second-order valence-electron chi connectivity index (χ2n) is 4.79. The number of sulfonamides is 1. The summed E-state index contributed by atoms with van der Waals surface area (Å²) in [4.78, 5) is 0.0938. The standard InChI is InChI=1S/C11H21N3O3S/c1-8(2)5-6-14(4)18(16,17)11-9(3)12-13-10(11)7-15/h8,15H,5-7H2,1-4H3,(H,12,13). The van der Waals surface area contributed by atoms with Crippen LogP contribution < -0.4 is 0 Å². The van der Waals surface area contributed by atoms with Crippen molar-refractivity contribution in [3.8, 4) is 0 Å². The number of aromatic nitrogens is 2. The molecule has 1 aromatic heterocycles. The molecule has 0 amide bonds. The Kier molecular flexibility index (Phi) is 4.89. The zero-order valence-electron chi connectivity index (χ0n) is 11.3. The molecule has 0 fully saturated rings. The number of rotatable bonds is 6. The molecule has 6 nitrogen and oxygen atoms in total. The molecule has 0 atom stereocenters. The van der Waals surface area contributed by atoms with Gasteiger partial charge in [-0.1, -0.05) is 13.8 Å². The Hall–Kier alpha value is -0.920. The Labute approximate surface area is 108 Å². The second kappa shape index (κ2) is 5.81. The van der Waals surface area contributed by atoms with Gasteiger partial charge in [0.25, 0.3) is 0 Å². The Morgan fingerprint density at radius 3 is 2.56 bits per heavy atom. The van der Waals surface area contributed by atoms with Crippen molar-refractivity contribution in [1.29, 1.82) is 0 Å². The molecule has 0 aromatic carbocycles. The molecule has 0 aliphatic heterocycles. The normalized spacial score (nSPS) is 12.6. The van der Waals surface area contributed by atoms with Gasteiger partial charge in [0.15, 0.2) is 0 Å². The van der Waals surface area contributed by atoms with E-state index in [1.807, 2.05) is 13.8 Å². The van der Waals surface area contributed by atoms with E-state index in [1.54, 1.807) is 14.0 Å². The van der Waals surface area contributed by atoms with Gasteiger partial charge in [-0.15, -0.1) is 0 Å². The number of aliphatic hydroxyl groups excluding tert-OH is 1. The fourth-order valence-corrected chi connectivity index (χ4v) is 3.13. The molecule has 0 aliphatic carbocycles. The van der Waals surface area contributed by atoms with E-state index in [-0.39, 0.29) is 10.6 Å².